The van der Waals surface area contributed by atoms with Gasteiger partial charge in [-0.25, -0.2) is 8.78 Å². The lowest BCUT2D eigenvalue weighted by Gasteiger charge is -2.31. The summed E-state index contributed by atoms with van der Waals surface area (Å²) in [6.45, 7) is 1.43. The van der Waals surface area contributed by atoms with E-state index in [1.165, 1.54) is 0 Å². The molecule has 16 heavy (non-hydrogen) atoms. The SMILES string of the molecule is [B]OCC12CC([B])CN1CC1(C2)CC1(F)F. The molecule has 2 nitrogen and oxygen atoms in total. The smallest absolute Gasteiger partial charge is 0.282 e. The van der Waals surface area contributed by atoms with E-state index in [2.05, 4.69) is 4.90 Å². The first-order valence-electron chi connectivity index (χ1n) is 5.63. The minimum atomic E-state index is -2.50. The van der Waals surface area contributed by atoms with Gasteiger partial charge in [0.25, 0.3) is 14.0 Å². The summed E-state index contributed by atoms with van der Waals surface area (Å²) in [7, 11) is 11.0. The molecule has 0 amide bonds. The Hall–Kier alpha value is -0.0901. The molecule has 2 aliphatic heterocycles. The molecule has 1 spiro atoms. The number of alkyl halides is 2. The van der Waals surface area contributed by atoms with Crippen LogP contribution in [0.1, 0.15) is 19.3 Å². The highest BCUT2D eigenvalue weighted by Gasteiger charge is 2.77. The van der Waals surface area contributed by atoms with Crippen LogP contribution in [0.4, 0.5) is 8.78 Å². The number of nitrogens with zero attached hydrogens (tertiary/aromatic N) is 1. The molecule has 0 bridgehead atoms. The van der Waals surface area contributed by atoms with Gasteiger partial charge in [-0.05, 0) is 19.4 Å². The van der Waals surface area contributed by atoms with Crippen LogP contribution in [0.3, 0.4) is 0 Å². The largest absolute Gasteiger partial charge is 0.446 e. The van der Waals surface area contributed by atoms with Crippen molar-refractivity contribution in [1.29, 1.82) is 0 Å². The fraction of sp³-hybridized carbons (Fsp3) is 1.00. The van der Waals surface area contributed by atoms with Crippen LogP contribution in [0, 0.1) is 5.41 Å². The van der Waals surface area contributed by atoms with Crippen molar-refractivity contribution >= 4 is 15.9 Å². The van der Waals surface area contributed by atoms with E-state index in [0.717, 1.165) is 0 Å². The Labute approximate surface area is 96.5 Å². The Morgan fingerprint density at radius 1 is 1.38 bits per heavy atom. The third-order valence-electron chi connectivity index (χ3n) is 4.49. The van der Waals surface area contributed by atoms with Gasteiger partial charge in [-0.2, -0.15) is 0 Å². The predicted molar refractivity (Wildman–Crippen MR) is 56.7 cm³/mol. The van der Waals surface area contributed by atoms with Gasteiger partial charge in [0.05, 0.1) is 13.3 Å². The highest BCUT2D eigenvalue weighted by molar-refractivity contribution is 6.12. The molecule has 3 unspecified atom stereocenters. The third kappa shape index (κ3) is 1.26. The molecule has 0 aromatic rings. The lowest BCUT2D eigenvalue weighted by Crippen LogP contribution is -2.42. The van der Waals surface area contributed by atoms with Gasteiger partial charge >= 0.3 is 0 Å². The summed E-state index contributed by atoms with van der Waals surface area (Å²) in [6, 6.07) is 0. The van der Waals surface area contributed by atoms with Crippen molar-refractivity contribution in [1.82, 2.24) is 4.90 Å². The van der Waals surface area contributed by atoms with Crippen LogP contribution in [0.15, 0.2) is 0 Å². The first-order valence-corrected chi connectivity index (χ1v) is 5.63. The number of halogens is 2. The van der Waals surface area contributed by atoms with Gasteiger partial charge in [-0.15, -0.1) is 0 Å². The van der Waals surface area contributed by atoms with Crippen molar-refractivity contribution in [2.45, 2.75) is 36.5 Å². The molecule has 2 saturated heterocycles. The molecular formula is C10H13B2F2NO. The van der Waals surface area contributed by atoms with Crippen LogP contribution in [-0.2, 0) is 4.65 Å². The quantitative estimate of drug-likeness (QED) is 0.645. The zero-order chi connectivity index (χ0) is 11.6. The van der Waals surface area contributed by atoms with Gasteiger partial charge < -0.3 is 4.65 Å². The van der Waals surface area contributed by atoms with E-state index in [-0.39, 0.29) is 17.8 Å². The summed E-state index contributed by atoms with van der Waals surface area (Å²) in [4.78, 5) is 2.06. The summed E-state index contributed by atoms with van der Waals surface area (Å²) in [5.74, 6) is -2.44. The second-order valence-corrected chi connectivity index (χ2v) is 5.72. The van der Waals surface area contributed by atoms with Crippen molar-refractivity contribution in [3.8, 4) is 0 Å². The van der Waals surface area contributed by atoms with Crippen LogP contribution >= 0.6 is 0 Å². The van der Waals surface area contributed by atoms with Crippen LogP contribution in [0.2, 0.25) is 5.82 Å². The van der Waals surface area contributed by atoms with Crippen molar-refractivity contribution < 1.29 is 13.4 Å². The fourth-order valence-electron chi connectivity index (χ4n) is 3.73. The second kappa shape index (κ2) is 3.02. The summed E-state index contributed by atoms with van der Waals surface area (Å²) < 4.78 is 31.5. The maximum absolute atomic E-state index is 13.4. The number of fused-ring (bicyclic) bond motifs is 1. The lowest BCUT2D eigenvalue weighted by atomic mass is 9.78. The molecule has 0 N–H and O–H groups in total. The highest BCUT2D eigenvalue weighted by atomic mass is 19.3. The molecule has 1 aliphatic carbocycles. The Morgan fingerprint density at radius 2 is 2.06 bits per heavy atom. The molecule has 6 heteroatoms. The van der Waals surface area contributed by atoms with E-state index in [4.69, 9.17) is 20.5 Å². The fourth-order valence-corrected chi connectivity index (χ4v) is 3.73. The maximum atomic E-state index is 13.4. The molecule has 3 fully saturated rings. The first kappa shape index (κ1) is 11.0. The van der Waals surface area contributed by atoms with Gasteiger partial charge in [0.1, 0.15) is 0 Å². The summed E-state index contributed by atoms with van der Waals surface area (Å²) in [5, 5.41) is 0. The molecule has 1 saturated carbocycles. The summed E-state index contributed by atoms with van der Waals surface area (Å²) in [5.41, 5.74) is -1.15. The first-order chi connectivity index (χ1) is 7.43. The molecule has 0 aromatic carbocycles. The molecule has 3 aliphatic rings. The van der Waals surface area contributed by atoms with E-state index in [1.54, 1.807) is 0 Å². The van der Waals surface area contributed by atoms with Crippen LogP contribution in [-0.4, -0.2) is 52.0 Å². The van der Waals surface area contributed by atoms with Crippen molar-refractivity contribution in [2.75, 3.05) is 19.7 Å². The molecule has 84 valence electrons. The normalized spacial score (nSPS) is 49.8. The molecule has 3 rings (SSSR count). The van der Waals surface area contributed by atoms with Gasteiger partial charge in [0.15, 0.2) is 0 Å². The summed E-state index contributed by atoms with van der Waals surface area (Å²) >= 11 is 0. The minimum Gasteiger partial charge on any atom is -0.446 e. The minimum absolute atomic E-state index is 0.0120. The average Bonchev–Trinajstić information content (AvgIpc) is 2.42. The average molecular weight is 223 g/mol. The molecule has 4 radical (unpaired) electrons. The Kier molecular flexibility index (Phi) is 2.08. The maximum Gasteiger partial charge on any atom is 0.282 e. The molecule has 2 heterocycles. The number of rotatable bonds is 2. The predicted octanol–water partition coefficient (Wildman–Crippen LogP) is 0.917. The topological polar surface area (TPSA) is 12.5 Å². The Bertz CT molecular complexity index is 330. The molecular weight excluding hydrogens is 210 g/mol. The monoisotopic (exact) mass is 223 g/mol. The molecule has 3 atom stereocenters. The van der Waals surface area contributed by atoms with E-state index >= 15 is 0 Å². The van der Waals surface area contributed by atoms with Gasteiger partial charge in [-0.3, -0.25) is 4.90 Å². The van der Waals surface area contributed by atoms with Crippen molar-refractivity contribution in [3.05, 3.63) is 0 Å². The van der Waals surface area contributed by atoms with E-state index in [0.29, 0.717) is 32.5 Å². The zero-order valence-electron chi connectivity index (χ0n) is 9.09. The summed E-state index contributed by atoms with van der Waals surface area (Å²) in [6.07, 6.45) is 1.19. The highest BCUT2D eigenvalue weighted by Crippen LogP contribution is 2.69. The van der Waals surface area contributed by atoms with Crippen LogP contribution in [0.5, 0.6) is 0 Å². The Morgan fingerprint density at radius 3 is 2.62 bits per heavy atom. The van der Waals surface area contributed by atoms with Crippen molar-refractivity contribution in [3.63, 3.8) is 0 Å². The van der Waals surface area contributed by atoms with E-state index < -0.39 is 11.3 Å². The van der Waals surface area contributed by atoms with Crippen LogP contribution < -0.4 is 0 Å². The van der Waals surface area contributed by atoms with Crippen molar-refractivity contribution in [2.24, 2.45) is 5.41 Å². The molecule has 0 aromatic heterocycles. The van der Waals surface area contributed by atoms with Gasteiger partial charge in [-0.1, -0.05) is 5.82 Å². The third-order valence-corrected chi connectivity index (χ3v) is 4.49. The second-order valence-electron chi connectivity index (χ2n) is 5.72. The number of hydrogen-bond acceptors (Lipinski definition) is 2. The number of hydrogen-bond donors (Lipinski definition) is 0. The Balaban J connectivity index is 1.84. The van der Waals surface area contributed by atoms with Gasteiger partial charge in [0.2, 0.25) is 0 Å². The van der Waals surface area contributed by atoms with E-state index in [1.807, 2.05) is 0 Å². The van der Waals surface area contributed by atoms with Crippen LogP contribution in [0.25, 0.3) is 0 Å². The zero-order valence-corrected chi connectivity index (χ0v) is 9.09. The standard InChI is InChI=1S/C10H13B2F2NO/c11-7-1-9(6-16-12)3-8(4-10(8,13)14)5-15(9)2-7/h7H,1-6H2. The lowest BCUT2D eigenvalue weighted by molar-refractivity contribution is 0.0650. The van der Waals surface area contributed by atoms with Gasteiger partial charge in [0, 0.05) is 25.1 Å². The van der Waals surface area contributed by atoms with E-state index in [9.17, 15) is 8.78 Å².